The third-order valence-corrected chi connectivity index (χ3v) is 1.61. The molecule has 0 aromatic carbocycles. The summed E-state index contributed by atoms with van der Waals surface area (Å²) in [5, 5.41) is 8.71. The van der Waals surface area contributed by atoms with Crippen LogP contribution in [0.1, 0.15) is 0 Å². The lowest BCUT2D eigenvalue weighted by Gasteiger charge is -2.00. The zero-order valence-corrected chi connectivity index (χ0v) is 5.80. The first-order valence-corrected chi connectivity index (χ1v) is 3.97. The van der Waals surface area contributed by atoms with E-state index in [0.717, 1.165) is 5.75 Å². The predicted molar refractivity (Wildman–Crippen MR) is 35.1 cm³/mol. The molecule has 7 heavy (non-hydrogen) atoms. The summed E-state index contributed by atoms with van der Waals surface area (Å²) in [5.74, 6) is 1.09. The maximum absolute atomic E-state index is 8.71. The minimum Gasteiger partial charge on any atom is -0.391 e. The minimum atomic E-state index is -0.323. The summed E-state index contributed by atoms with van der Waals surface area (Å²) in [6.45, 7) is 0. The van der Waals surface area contributed by atoms with Crippen LogP contribution in [0.25, 0.3) is 0 Å². The lowest BCUT2D eigenvalue weighted by atomic mass is 10.5. The maximum atomic E-state index is 8.71. The van der Waals surface area contributed by atoms with Crippen LogP contribution < -0.4 is 0 Å². The molecule has 0 amide bonds. The molecule has 0 aromatic heterocycles. The summed E-state index contributed by atoms with van der Waals surface area (Å²) in [6, 6.07) is 0. The van der Waals surface area contributed by atoms with E-state index >= 15 is 0 Å². The van der Waals surface area contributed by atoms with E-state index in [1.54, 1.807) is 11.8 Å². The fourth-order valence-electron chi connectivity index (χ4n) is 0.237. The van der Waals surface area contributed by atoms with Gasteiger partial charge < -0.3 is 5.11 Å². The van der Waals surface area contributed by atoms with Gasteiger partial charge in [-0.05, 0) is 6.26 Å². The summed E-state index contributed by atoms with van der Waals surface area (Å²) in [6.07, 6.45) is 1.62. The van der Waals surface area contributed by atoms with Crippen LogP contribution >= 0.6 is 23.4 Å². The largest absolute Gasteiger partial charge is 0.391 e. The highest BCUT2D eigenvalue weighted by molar-refractivity contribution is 7.98. The minimum absolute atomic E-state index is 0.323. The molecule has 44 valence electrons. The van der Waals surface area contributed by atoms with Crippen LogP contribution in [0.5, 0.6) is 0 Å². The van der Waals surface area contributed by atoms with Crippen LogP contribution in [0.15, 0.2) is 0 Å². The number of hydrogen-bond acceptors (Lipinski definition) is 2. The van der Waals surface area contributed by atoms with Gasteiger partial charge in [0.25, 0.3) is 0 Å². The number of thioether (sulfide) groups is 1. The Morgan fingerprint density at radius 3 is 2.57 bits per heavy atom. The average Bonchev–Trinajstić information content (AvgIpc) is 1.68. The second-order valence-electron chi connectivity index (χ2n) is 1.26. The van der Waals surface area contributed by atoms with Gasteiger partial charge in [0.05, 0.1) is 6.10 Å². The van der Waals surface area contributed by atoms with Gasteiger partial charge in [-0.15, -0.1) is 11.6 Å². The Morgan fingerprint density at radius 2 is 2.43 bits per heavy atom. The summed E-state index contributed by atoms with van der Waals surface area (Å²) >= 11 is 6.87. The zero-order valence-electron chi connectivity index (χ0n) is 4.22. The fraction of sp³-hybridized carbons (Fsp3) is 1.00. The van der Waals surface area contributed by atoms with Crippen molar-refractivity contribution in [1.82, 2.24) is 0 Å². The number of aliphatic hydroxyl groups excluding tert-OH is 1. The standard InChI is InChI=1S/C4H9ClOS/c1-7-3-4(6)2-5/h4,6H,2-3H2,1H3. The van der Waals surface area contributed by atoms with E-state index in [2.05, 4.69) is 0 Å². The van der Waals surface area contributed by atoms with Gasteiger partial charge in [0.1, 0.15) is 0 Å². The Hall–Kier alpha value is 0.600. The van der Waals surface area contributed by atoms with Crippen LogP contribution in [0.3, 0.4) is 0 Å². The molecule has 0 rings (SSSR count). The van der Waals surface area contributed by atoms with Gasteiger partial charge in [0.15, 0.2) is 0 Å². The molecule has 0 aliphatic rings. The van der Waals surface area contributed by atoms with E-state index < -0.39 is 0 Å². The molecule has 0 spiro atoms. The van der Waals surface area contributed by atoms with Crippen molar-refractivity contribution in [3.05, 3.63) is 0 Å². The Morgan fingerprint density at radius 1 is 1.86 bits per heavy atom. The van der Waals surface area contributed by atoms with Crippen LogP contribution in [-0.2, 0) is 0 Å². The molecular formula is C4H9ClOS. The van der Waals surface area contributed by atoms with Crippen molar-refractivity contribution in [2.24, 2.45) is 0 Å². The Kier molecular flexibility index (Phi) is 5.16. The molecule has 0 aromatic rings. The Bertz CT molecular complexity index is 42.7. The van der Waals surface area contributed by atoms with Crippen molar-refractivity contribution >= 4 is 23.4 Å². The second kappa shape index (κ2) is 4.75. The number of aliphatic hydroxyl groups is 1. The molecule has 1 N–H and O–H groups in total. The topological polar surface area (TPSA) is 20.2 Å². The Labute approximate surface area is 53.1 Å². The molecular weight excluding hydrogens is 132 g/mol. The lowest BCUT2D eigenvalue weighted by molar-refractivity contribution is 0.224. The predicted octanol–water partition coefficient (Wildman–Crippen LogP) is 0.949. The van der Waals surface area contributed by atoms with Crippen molar-refractivity contribution < 1.29 is 5.11 Å². The van der Waals surface area contributed by atoms with E-state index in [-0.39, 0.29) is 6.10 Å². The molecule has 0 saturated carbocycles. The first-order chi connectivity index (χ1) is 3.31. The molecule has 0 saturated heterocycles. The fourth-order valence-corrected chi connectivity index (χ4v) is 0.978. The molecule has 0 aliphatic carbocycles. The normalized spacial score (nSPS) is 14.1. The van der Waals surface area contributed by atoms with Gasteiger partial charge in [0.2, 0.25) is 0 Å². The average molecular weight is 141 g/mol. The van der Waals surface area contributed by atoms with Crippen LogP contribution in [0, 0.1) is 0 Å². The molecule has 0 heterocycles. The third-order valence-electron chi connectivity index (χ3n) is 0.537. The van der Waals surface area contributed by atoms with Crippen molar-refractivity contribution in [3.8, 4) is 0 Å². The third kappa shape index (κ3) is 4.45. The van der Waals surface area contributed by atoms with Crippen molar-refractivity contribution in [2.75, 3.05) is 17.9 Å². The highest BCUT2D eigenvalue weighted by atomic mass is 35.5. The molecule has 1 nitrogen and oxygen atoms in total. The quantitative estimate of drug-likeness (QED) is 0.590. The van der Waals surface area contributed by atoms with E-state index in [0.29, 0.717) is 5.88 Å². The number of rotatable bonds is 3. The molecule has 0 fully saturated rings. The first-order valence-electron chi connectivity index (χ1n) is 2.04. The molecule has 0 bridgehead atoms. The second-order valence-corrected chi connectivity index (χ2v) is 2.48. The summed E-state index contributed by atoms with van der Waals surface area (Å²) in [4.78, 5) is 0. The van der Waals surface area contributed by atoms with E-state index in [4.69, 9.17) is 16.7 Å². The van der Waals surface area contributed by atoms with Crippen LogP contribution in [-0.4, -0.2) is 29.1 Å². The van der Waals surface area contributed by atoms with Crippen molar-refractivity contribution in [2.45, 2.75) is 6.10 Å². The SMILES string of the molecule is CSCC(O)CCl. The van der Waals surface area contributed by atoms with Crippen LogP contribution in [0.4, 0.5) is 0 Å². The van der Waals surface area contributed by atoms with E-state index in [1.807, 2.05) is 6.26 Å². The highest BCUT2D eigenvalue weighted by Crippen LogP contribution is 1.97. The zero-order chi connectivity index (χ0) is 5.70. The molecule has 0 aliphatic heterocycles. The first kappa shape index (κ1) is 7.60. The van der Waals surface area contributed by atoms with E-state index in [9.17, 15) is 0 Å². The monoisotopic (exact) mass is 140 g/mol. The summed E-state index contributed by atoms with van der Waals surface area (Å²) in [5.41, 5.74) is 0. The number of halogens is 1. The van der Waals surface area contributed by atoms with Crippen molar-refractivity contribution in [1.29, 1.82) is 0 Å². The number of hydrogen-bond donors (Lipinski definition) is 1. The van der Waals surface area contributed by atoms with Gasteiger partial charge in [-0.1, -0.05) is 0 Å². The molecule has 1 atom stereocenters. The summed E-state index contributed by atoms with van der Waals surface area (Å²) < 4.78 is 0. The van der Waals surface area contributed by atoms with Gasteiger partial charge in [-0.25, -0.2) is 0 Å². The van der Waals surface area contributed by atoms with Crippen molar-refractivity contribution in [3.63, 3.8) is 0 Å². The smallest absolute Gasteiger partial charge is 0.0765 e. The highest BCUT2D eigenvalue weighted by Gasteiger charge is 1.96. The van der Waals surface area contributed by atoms with E-state index in [1.165, 1.54) is 0 Å². The van der Waals surface area contributed by atoms with Gasteiger partial charge in [-0.2, -0.15) is 11.8 Å². The van der Waals surface area contributed by atoms with Gasteiger partial charge >= 0.3 is 0 Å². The summed E-state index contributed by atoms with van der Waals surface area (Å²) in [7, 11) is 0. The maximum Gasteiger partial charge on any atom is 0.0765 e. The Balaban J connectivity index is 2.83. The van der Waals surface area contributed by atoms with Crippen LogP contribution in [0.2, 0.25) is 0 Å². The van der Waals surface area contributed by atoms with Gasteiger partial charge in [0, 0.05) is 11.6 Å². The molecule has 3 heteroatoms. The molecule has 1 unspecified atom stereocenters. The van der Waals surface area contributed by atoms with Gasteiger partial charge in [-0.3, -0.25) is 0 Å². The molecule has 0 radical (unpaired) electrons. The lowest BCUT2D eigenvalue weighted by Crippen LogP contribution is -2.10. The number of alkyl halides is 1.